The van der Waals surface area contributed by atoms with Gasteiger partial charge in [-0.3, -0.25) is 4.79 Å². The van der Waals surface area contributed by atoms with Crippen molar-refractivity contribution in [3.63, 3.8) is 0 Å². The number of carbonyl (C=O) groups excluding carboxylic acids is 1. The van der Waals surface area contributed by atoms with Crippen molar-refractivity contribution in [3.05, 3.63) is 50.9 Å². The fourth-order valence-electron chi connectivity index (χ4n) is 1.28. The fourth-order valence-corrected chi connectivity index (χ4v) is 2.07. The number of anilines is 1. The number of H-pyrrole nitrogens is 1. The normalized spacial score (nSPS) is 10.3. The summed E-state index contributed by atoms with van der Waals surface area (Å²) in [6.07, 6.45) is 1.66. The van der Waals surface area contributed by atoms with Gasteiger partial charge in [0.2, 0.25) is 0 Å². The molecule has 0 saturated heterocycles. The van der Waals surface area contributed by atoms with Crippen LogP contribution in [0.25, 0.3) is 0 Å². The molecule has 2 rings (SSSR count). The van der Waals surface area contributed by atoms with Gasteiger partial charge in [-0.2, -0.15) is 0 Å². The van der Waals surface area contributed by atoms with Crippen LogP contribution in [0.4, 0.5) is 10.1 Å². The monoisotopic (exact) mass is 360 g/mol. The molecule has 3 nitrogen and oxygen atoms in total. The molecule has 0 radical (unpaired) electrons. The first-order valence-electron chi connectivity index (χ1n) is 4.66. The van der Waals surface area contributed by atoms with Gasteiger partial charge >= 0.3 is 0 Å². The maximum atomic E-state index is 12.9. The third-order valence-corrected chi connectivity index (χ3v) is 3.19. The van der Waals surface area contributed by atoms with Crippen molar-refractivity contribution in [2.45, 2.75) is 0 Å². The Balaban J connectivity index is 2.18. The molecule has 17 heavy (non-hydrogen) atoms. The van der Waals surface area contributed by atoms with Crippen molar-refractivity contribution in [2.75, 3.05) is 5.32 Å². The molecule has 88 valence electrons. The van der Waals surface area contributed by atoms with E-state index >= 15 is 0 Å². The molecule has 0 aliphatic heterocycles. The van der Waals surface area contributed by atoms with E-state index in [4.69, 9.17) is 0 Å². The molecule has 2 N–H and O–H groups in total. The van der Waals surface area contributed by atoms with Crippen LogP contribution >= 0.6 is 31.9 Å². The van der Waals surface area contributed by atoms with Gasteiger partial charge in [-0.1, -0.05) is 0 Å². The number of nitrogens with one attached hydrogen (secondary N) is 2. The number of halogens is 3. The summed E-state index contributed by atoms with van der Waals surface area (Å²) in [4.78, 5) is 14.6. The van der Waals surface area contributed by atoms with Crippen LogP contribution in [-0.4, -0.2) is 10.9 Å². The maximum Gasteiger partial charge on any atom is 0.272 e. The van der Waals surface area contributed by atoms with E-state index in [0.717, 1.165) is 4.47 Å². The van der Waals surface area contributed by atoms with E-state index in [1.807, 2.05) is 0 Å². The Morgan fingerprint density at radius 3 is 2.65 bits per heavy atom. The van der Waals surface area contributed by atoms with Crippen LogP contribution in [0.5, 0.6) is 0 Å². The summed E-state index contributed by atoms with van der Waals surface area (Å²) in [7, 11) is 0. The summed E-state index contributed by atoms with van der Waals surface area (Å²) in [5, 5.41) is 2.66. The maximum absolute atomic E-state index is 12.9. The second-order valence-electron chi connectivity index (χ2n) is 3.31. The molecule has 0 aliphatic rings. The molecule has 0 aliphatic carbocycles. The lowest BCUT2D eigenvalue weighted by atomic mass is 10.3. The molecule has 2 aromatic rings. The molecule has 0 bridgehead atoms. The molecule has 6 heteroatoms. The summed E-state index contributed by atoms with van der Waals surface area (Å²) in [6.45, 7) is 0. The first-order chi connectivity index (χ1) is 8.06. The van der Waals surface area contributed by atoms with Crippen molar-refractivity contribution in [1.82, 2.24) is 4.98 Å². The fraction of sp³-hybridized carbons (Fsp3) is 0. The lowest BCUT2D eigenvalue weighted by Crippen LogP contribution is -2.12. The van der Waals surface area contributed by atoms with E-state index < -0.39 is 0 Å². The van der Waals surface area contributed by atoms with Crippen molar-refractivity contribution in [2.24, 2.45) is 0 Å². The van der Waals surface area contributed by atoms with E-state index in [1.54, 1.807) is 12.3 Å². The standard InChI is InChI=1S/C11H7Br2FN2O/c12-6-3-10(15-5-6)11(17)16-9-2-1-7(14)4-8(9)13/h1-5,15H,(H,16,17). The summed E-state index contributed by atoms with van der Waals surface area (Å²) in [5.41, 5.74) is 0.940. The highest BCUT2D eigenvalue weighted by molar-refractivity contribution is 9.10. The second-order valence-corrected chi connectivity index (χ2v) is 5.08. The zero-order valence-corrected chi connectivity index (χ0v) is 11.6. The molecule has 1 amide bonds. The lowest BCUT2D eigenvalue weighted by molar-refractivity contribution is 0.102. The van der Waals surface area contributed by atoms with Gasteiger partial charge in [-0.25, -0.2) is 4.39 Å². The molecule has 0 atom stereocenters. The number of aromatic amines is 1. The Hall–Kier alpha value is -1.14. The Bertz CT molecular complexity index is 568. The number of carbonyl (C=O) groups is 1. The lowest BCUT2D eigenvalue weighted by Gasteiger charge is -2.06. The highest BCUT2D eigenvalue weighted by Gasteiger charge is 2.10. The summed E-state index contributed by atoms with van der Waals surface area (Å²) in [5.74, 6) is -0.652. The predicted molar refractivity (Wildman–Crippen MR) is 70.5 cm³/mol. The quantitative estimate of drug-likeness (QED) is 0.836. The minimum atomic E-state index is -0.363. The predicted octanol–water partition coefficient (Wildman–Crippen LogP) is 3.93. The zero-order chi connectivity index (χ0) is 12.4. The van der Waals surface area contributed by atoms with Crippen molar-refractivity contribution >= 4 is 43.5 Å². The van der Waals surface area contributed by atoms with Crippen molar-refractivity contribution in [1.29, 1.82) is 0 Å². The average Bonchev–Trinajstić information content (AvgIpc) is 2.69. The van der Waals surface area contributed by atoms with Crippen LogP contribution in [0.15, 0.2) is 39.4 Å². The van der Waals surface area contributed by atoms with E-state index in [0.29, 0.717) is 15.9 Å². The van der Waals surface area contributed by atoms with E-state index in [9.17, 15) is 9.18 Å². The van der Waals surface area contributed by atoms with Gasteiger partial charge in [0.1, 0.15) is 11.5 Å². The van der Waals surface area contributed by atoms with Crippen LogP contribution in [0.3, 0.4) is 0 Å². The van der Waals surface area contributed by atoms with Crippen LogP contribution in [0.1, 0.15) is 10.5 Å². The average molecular weight is 362 g/mol. The van der Waals surface area contributed by atoms with E-state index in [2.05, 4.69) is 42.2 Å². The number of rotatable bonds is 2. The Labute approximate surface area is 114 Å². The molecule has 0 saturated carbocycles. The minimum absolute atomic E-state index is 0.289. The molecule has 1 aromatic carbocycles. The van der Waals surface area contributed by atoms with E-state index in [1.165, 1.54) is 18.2 Å². The summed E-state index contributed by atoms with van der Waals surface area (Å²) >= 11 is 6.42. The molecular formula is C11H7Br2FN2O. The number of aromatic nitrogens is 1. The van der Waals surface area contributed by atoms with Crippen LogP contribution < -0.4 is 5.32 Å². The number of hydrogen-bond acceptors (Lipinski definition) is 1. The number of benzene rings is 1. The van der Waals surface area contributed by atoms with Gasteiger partial charge in [0, 0.05) is 15.1 Å². The minimum Gasteiger partial charge on any atom is -0.356 e. The van der Waals surface area contributed by atoms with Crippen LogP contribution in [-0.2, 0) is 0 Å². The zero-order valence-electron chi connectivity index (χ0n) is 8.43. The molecule has 1 heterocycles. The van der Waals surface area contributed by atoms with Crippen molar-refractivity contribution in [3.8, 4) is 0 Å². The Kier molecular flexibility index (Phi) is 3.63. The second kappa shape index (κ2) is 5.01. The Morgan fingerprint density at radius 1 is 1.29 bits per heavy atom. The third-order valence-electron chi connectivity index (χ3n) is 2.07. The van der Waals surface area contributed by atoms with Crippen LogP contribution in [0, 0.1) is 5.82 Å². The number of amides is 1. The highest BCUT2D eigenvalue weighted by atomic mass is 79.9. The molecule has 0 spiro atoms. The number of hydrogen-bond donors (Lipinski definition) is 2. The summed E-state index contributed by atoms with van der Waals surface area (Å²) < 4.78 is 14.1. The molecular weight excluding hydrogens is 355 g/mol. The molecule has 1 aromatic heterocycles. The van der Waals surface area contributed by atoms with E-state index in [-0.39, 0.29) is 11.7 Å². The van der Waals surface area contributed by atoms with Crippen LogP contribution in [0.2, 0.25) is 0 Å². The SMILES string of the molecule is O=C(Nc1ccc(F)cc1Br)c1cc(Br)c[nH]1. The highest BCUT2D eigenvalue weighted by Crippen LogP contribution is 2.23. The Morgan fingerprint density at radius 2 is 2.06 bits per heavy atom. The topological polar surface area (TPSA) is 44.9 Å². The van der Waals surface area contributed by atoms with Gasteiger partial charge in [0.15, 0.2) is 0 Å². The summed E-state index contributed by atoms with van der Waals surface area (Å²) in [6, 6.07) is 5.73. The van der Waals surface area contributed by atoms with Crippen molar-refractivity contribution < 1.29 is 9.18 Å². The van der Waals surface area contributed by atoms with Gasteiger partial charge in [0.25, 0.3) is 5.91 Å². The van der Waals surface area contributed by atoms with Gasteiger partial charge in [-0.15, -0.1) is 0 Å². The van der Waals surface area contributed by atoms with Gasteiger partial charge < -0.3 is 10.3 Å². The first kappa shape index (κ1) is 12.3. The van der Waals surface area contributed by atoms with Gasteiger partial charge in [0.05, 0.1) is 5.69 Å². The van der Waals surface area contributed by atoms with Gasteiger partial charge in [-0.05, 0) is 56.1 Å². The third kappa shape index (κ3) is 2.95. The largest absolute Gasteiger partial charge is 0.356 e. The molecule has 0 unspecified atom stereocenters. The molecule has 0 fully saturated rings. The smallest absolute Gasteiger partial charge is 0.272 e. The first-order valence-corrected chi connectivity index (χ1v) is 6.25.